The lowest BCUT2D eigenvalue weighted by atomic mass is 9.76. The van der Waals surface area contributed by atoms with E-state index in [9.17, 15) is 22.8 Å². The summed E-state index contributed by atoms with van der Waals surface area (Å²) < 4.78 is 41.7. The number of amides is 2. The number of carbonyl (C=O) groups excluding carboxylic acids is 2. The fourth-order valence-corrected chi connectivity index (χ4v) is 5.29. The standard InChI is InChI=1S/C24H27F3N6O2/c1-15-10-19(31(3)30-15)22(35)33-14-23(12-20(33)21(34)29-2)6-8-32(9-7-23)17-5-4-16(13-28)18(11-17)24(25,26)27/h4-5,10-11,20H,6-9,12,14H2,1-3H3,(H,29,34). The highest BCUT2D eigenvalue weighted by Crippen LogP contribution is 2.45. The minimum absolute atomic E-state index is 0.238. The molecule has 2 aliphatic heterocycles. The fourth-order valence-electron chi connectivity index (χ4n) is 5.29. The van der Waals surface area contributed by atoms with Gasteiger partial charge in [0.25, 0.3) is 5.91 Å². The van der Waals surface area contributed by atoms with Crippen molar-refractivity contribution in [3.63, 3.8) is 0 Å². The van der Waals surface area contributed by atoms with Crippen molar-refractivity contribution in [2.45, 2.75) is 38.4 Å². The van der Waals surface area contributed by atoms with E-state index in [4.69, 9.17) is 5.26 Å². The lowest BCUT2D eigenvalue weighted by Crippen LogP contribution is -2.45. The molecule has 1 aromatic carbocycles. The average Bonchev–Trinajstić information content (AvgIpc) is 3.37. The summed E-state index contributed by atoms with van der Waals surface area (Å²) in [6.07, 6.45) is -2.88. The van der Waals surface area contributed by atoms with Crippen LogP contribution in [0.3, 0.4) is 0 Å². The van der Waals surface area contributed by atoms with E-state index in [1.54, 1.807) is 31.0 Å². The first kappa shape index (κ1) is 24.6. The largest absolute Gasteiger partial charge is 0.417 e. The van der Waals surface area contributed by atoms with E-state index < -0.39 is 23.3 Å². The normalized spacial score (nSPS) is 19.6. The summed E-state index contributed by atoms with van der Waals surface area (Å²) in [4.78, 5) is 29.5. The van der Waals surface area contributed by atoms with E-state index in [2.05, 4.69) is 10.4 Å². The SMILES string of the molecule is CNC(=O)C1CC2(CCN(c3ccc(C#N)c(C(F)(F)F)c3)CC2)CN1C(=O)c1cc(C)nn1C. The molecule has 2 saturated heterocycles. The van der Waals surface area contributed by atoms with E-state index >= 15 is 0 Å². The number of likely N-dealkylation sites (N-methyl/N-ethyl adjacent to an activating group) is 1. The van der Waals surface area contributed by atoms with Crippen molar-refractivity contribution in [1.29, 1.82) is 5.26 Å². The molecule has 1 spiro atoms. The zero-order chi connectivity index (χ0) is 25.5. The van der Waals surface area contributed by atoms with E-state index in [1.807, 2.05) is 4.90 Å². The van der Waals surface area contributed by atoms with Crippen molar-refractivity contribution in [3.8, 4) is 6.07 Å². The van der Waals surface area contributed by atoms with Gasteiger partial charge in [0.15, 0.2) is 0 Å². The first-order chi connectivity index (χ1) is 16.5. The number of aryl methyl sites for hydroxylation is 2. The fraction of sp³-hybridized carbons (Fsp3) is 0.500. The van der Waals surface area contributed by atoms with Crippen LogP contribution in [0.4, 0.5) is 18.9 Å². The number of nitrogens with one attached hydrogen (secondary N) is 1. The molecule has 11 heteroatoms. The van der Waals surface area contributed by atoms with Crippen molar-refractivity contribution in [2.75, 3.05) is 31.6 Å². The molecule has 0 aliphatic carbocycles. The molecule has 1 aromatic heterocycles. The molecule has 1 unspecified atom stereocenters. The highest BCUT2D eigenvalue weighted by Gasteiger charge is 2.50. The first-order valence-corrected chi connectivity index (χ1v) is 11.4. The summed E-state index contributed by atoms with van der Waals surface area (Å²) >= 11 is 0. The molecule has 1 atom stereocenters. The molecule has 0 saturated carbocycles. The number of alkyl halides is 3. The number of aromatic nitrogens is 2. The van der Waals surface area contributed by atoms with Gasteiger partial charge in [0.1, 0.15) is 11.7 Å². The number of halogens is 3. The molecule has 2 fully saturated rings. The Morgan fingerprint density at radius 1 is 1.23 bits per heavy atom. The molecule has 0 radical (unpaired) electrons. The molecule has 2 aromatic rings. The molecule has 186 valence electrons. The summed E-state index contributed by atoms with van der Waals surface area (Å²) in [5, 5.41) is 15.9. The lowest BCUT2D eigenvalue weighted by molar-refractivity contribution is -0.137. The van der Waals surface area contributed by atoms with Gasteiger partial charge in [-0.2, -0.15) is 23.5 Å². The molecule has 2 aliphatic rings. The second-order valence-corrected chi connectivity index (χ2v) is 9.39. The van der Waals surface area contributed by atoms with E-state index in [0.29, 0.717) is 56.0 Å². The molecule has 3 heterocycles. The number of nitriles is 1. The van der Waals surface area contributed by atoms with E-state index in [0.717, 1.165) is 6.07 Å². The number of anilines is 1. The number of benzene rings is 1. The lowest BCUT2D eigenvalue weighted by Gasteiger charge is -2.40. The smallest absolute Gasteiger partial charge is 0.371 e. The predicted octanol–water partition coefficient (Wildman–Crippen LogP) is 2.87. The summed E-state index contributed by atoms with van der Waals surface area (Å²) in [5.41, 5.74) is -0.139. The second kappa shape index (κ2) is 8.91. The maximum Gasteiger partial charge on any atom is 0.417 e. The number of piperidine rings is 1. The minimum atomic E-state index is -4.62. The Bertz CT molecular complexity index is 1190. The minimum Gasteiger partial charge on any atom is -0.371 e. The van der Waals surface area contributed by atoms with Gasteiger partial charge in [0.2, 0.25) is 5.91 Å². The molecule has 1 N–H and O–H groups in total. The van der Waals surface area contributed by atoms with Gasteiger partial charge in [-0.15, -0.1) is 0 Å². The third-order valence-electron chi connectivity index (χ3n) is 7.16. The molecule has 35 heavy (non-hydrogen) atoms. The summed E-state index contributed by atoms with van der Waals surface area (Å²) in [6.45, 7) is 3.15. The van der Waals surface area contributed by atoms with Crippen molar-refractivity contribution in [1.82, 2.24) is 20.0 Å². The third kappa shape index (κ3) is 4.57. The van der Waals surface area contributed by atoms with E-state index in [1.165, 1.54) is 23.9 Å². The highest BCUT2D eigenvalue weighted by atomic mass is 19.4. The number of nitrogens with zero attached hydrogens (tertiary/aromatic N) is 5. The summed E-state index contributed by atoms with van der Waals surface area (Å²) in [7, 11) is 3.22. The Labute approximate surface area is 201 Å². The van der Waals surface area contributed by atoms with Crippen LogP contribution in [0.5, 0.6) is 0 Å². The van der Waals surface area contributed by atoms with Gasteiger partial charge in [-0.05, 0) is 55.9 Å². The van der Waals surface area contributed by atoms with Gasteiger partial charge in [0.05, 0.1) is 22.9 Å². The number of likely N-dealkylation sites (tertiary alicyclic amines) is 1. The molecular formula is C24H27F3N6O2. The van der Waals surface area contributed by atoms with Crippen LogP contribution >= 0.6 is 0 Å². The van der Waals surface area contributed by atoms with Gasteiger partial charge in [0, 0.05) is 39.4 Å². The van der Waals surface area contributed by atoms with Crippen LogP contribution in [-0.2, 0) is 18.0 Å². The Morgan fingerprint density at radius 3 is 2.46 bits per heavy atom. The van der Waals surface area contributed by atoms with Crippen molar-refractivity contribution in [3.05, 3.63) is 46.8 Å². The van der Waals surface area contributed by atoms with Crippen molar-refractivity contribution < 1.29 is 22.8 Å². The zero-order valence-electron chi connectivity index (χ0n) is 19.8. The quantitative estimate of drug-likeness (QED) is 0.717. The van der Waals surface area contributed by atoms with Crippen LogP contribution in [0.2, 0.25) is 0 Å². The summed E-state index contributed by atoms with van der Waals surface area (Å²) in [6, 6.07) is 6.44. The van der Waals surface area contributed by atoms with Gasteiger partial charge in [-0.25, -0.2) is 0 Å². The second-order valence-electron chi connectivity index (χ2n) is 9.39. The molecule has 4 rings (SSSR count). The maximum absolute atomic E-state index is 13.4. The number of hydrogen-bond donors (Lipinski definition) is 1. The number of hydrogen-bond acceptors (Lipinski definition) is 5. The maximum atomic E-state index is 13.4. The van der Waals surface area contributed by atoms with Crippen molar-refractivity contribution >= 4 is 17.5 Å². The monoisotopic (exact) mass is 488 g/mol. The highest BCUT2D eigenvalue weighted by molar-refractivity contribution is 5.97. The number of carbonyl (C=O) groups is 2. The predicted molar refractivity (Wildman–Crippen MR) is 121 cm³/mol. The third-order valence-corrected chi connectivity index (χ3v) is 7.16. The summed E-state index contributed by atoms with van der Waals surface area (Å²) in [5.74, 6) is -0.499. The van der Waals surface area contributed by atoms with Gasteiger partial charge < -0.3 is 15.1 Å². The molecule has 8 nitrogen and oxygen atoms in total. The van der Waals surface area contributed by atoms with Crippen LogP contribution in [0.25, 0.3) is 0 Å². The topological polar surface area (TPSA) is 94.3 Å². The number of rotatable bonds is 3. The Morgan fingerprint density at radius 2 is 1.91 bits per heavy atom. The Balaban J connectivity index is 1.54. The van der Waals surface area contributed by atoms with Crippen LogP contribution < -0.4 is 10.2 Å². The van der Waals surface area contributed by atoms with Gasteiger partial charge in [-0.3, -0.25) is 14.3 Å². The van der Waals surface area contributed by atoms with Crippen LogP contribution in [0.15, 0.2) is 24.3 Å². The Kier molecular flexibility index (Phi) is 6.25. The molecule has 2 amide bonds. The van der Waals surface area contributed by atoms with Crippen molar-refractivity contribution in [2.24, 2.45) is 12.5 Å². The first-order valence-electron chi connectivity index (χ1n) is 11.4. The van der Waals surface area contributed by atoms with Crippen LogP contribution in [0, 0.1) is 23.7 Å². The van der Waals surface area contributed by atoms with Crippen LogP contribution in [-0.4, -0.2) is 59.2 Å². The van der Waals surface area contributed by atoms with E-state index in [-0.39, 0.29) is 17.2 Å². The zero-order valence-corrected chi connectivity index (χ0v) is 19.8. The Hall–Kier alpha value is -3.55. The molecular weight excluding hydrogens is 461 g/mol. The van der Waals surface area contributed by atoms with Crippen LogP contribution in [0.1, 0.15) is 46.6 Å². The average molecular weight is 489 g/mol. The van der Waals surface area contributed by atoms with Gasteiger partial charge in [-0.1, -0.05) is 0 Å². The van der Waals surface area contributed by atoms with Gasteiger partial charge >= 0.3 is 6.18 Å². The molecule has 0 bridgehead atoms.